The van der Waals surface area contributed by atoms with E-state index in [-0.39, 0.29) is 0 Å². The molecule has 3 rings (SSSR count). The maximum Gasteiger partial charge on any atom is 0.128 e. The molecule has 0 spiro atoms. The first-order valence-corrected chi connectivity index (χ1v) is 6.97. The minimum atomic E-state index is 0.659. The highest BCUT2D eigenvalue weighted by molar-refractivity contribution is 6.29. The first-order chi connectivity index (χ1) is 9.75. The van der Waals surface area contributed by atoms with E-state index in [1.165, 1.54) is 16.3 Å². The van der Waals surface area contributed by atoms with Crippen molar-refractivity contribution in [3.8, 4) is 0 Å². The van der Waals surface area contributed by atoms with Crippen LogP contribution in [0, 0.1) is 0 Å². The van der Waals surface area contributed by atoms with Crippen molar-refractivity contribution in [1.82, 2.24) is 14.9 Å². The first kappa shape index (κ1) is 13.2. The number of nitrogens with zero attached hydrogens (tertiary/aromatic N) is 2. The molecule has 2 aromatic carbocycles. The van der Waals surface area contributed by atoms with Crippen LogP contribution in [0.1, 0.15) is 11.4 Å². The van der Waals surface area contributed by atoms with E-state index in [1.807, 2.05) is 11.6 Å². The number of aromatic nitrogens is 2. The molecule has 0 saturated carbocycles. The highest BCUT2D eigenvalue weighted by Crippen LogP contribution is 2.18. The summed E-state index contributed by atoms with van der Waals surface area (Å²) in [6, 6.07) is 14.8. The highest BCUT2D eigenvalue weighted by atomic mass is 35.5. The molecule has 3 nitrogen and oxygen atoms in total. The van der Waals surface area contributed by atoms with E-state index in [0.29, 0.717) is 11.7 Å². The van der Waals surface area contributed by atoms with Crippen molar-refractivity contribution in [2.24, 2.45) is 7.05 Å². The molecule has 1 heterocycles. The molecule has 0 bridgehead atoms. The van der Waals surface area contributed by atoms with Gasteiger partial charge in [0.1, 0.15) is 11.0 Å². The largest absolute Gasteiger partial charge is 0.321 e. The molecule has 102 valence electrons. The Kier molecular flexibility index (Phi) is 3.72. The molecule has 4 heteroatoms. The third kappa shape index (κ3) is 2.55. The summed E-state index contributed by atoms with van der Waals surface area (Å²) < 4.78 is 1.89. The van der Waals surface area contributed by atoms with Crippen LogP contribution in [0.5, 0.6) is 0 Å². The Hall–Kier alpha value is -1.84. The molecule has 0 aliphatic heterocycles. The third-order valence-electron chi connectivity index (χ3n) is 3.51. The number of imidazole rings is 1. The van der Waals surface area contributed by atoms with Gasteiger partial charge < -0.3 is 9.88 Å². The van der Waals surface area contributed by atoms with Crippen molar-refractivity contribution in [2.75, 3.05) is 0 Å². The molecule has 20 heavy (non-hydrogen) atoms. The summed E-state index contributed by atoms with van der Waals surface area (Å²) in [5.74, 6) is 0.940. The monoisotopic (exact) mass is 285 g/mol. The Morgan fingerprint density at radius 1 is 1.10 bits per heavy atom. The topological polar surface area (TPSA) is 29.9 Å². The summed E-state index contributed by atoms with van der Waals surface area (Å²) in [6.45, 7) is 1.51. The lowest BCUT2D eigenvalue weighted by molar-refractivity contribution is 0.641. The molecule has 0 unspecified atom stereocenters. The van der Waals surface area contributed by atoms with Gasteiger partial charge in [0, 0.05) is 13.6 Å². The zero-order chi connectivity index (χ0) is 13.9. The van der Waals surface area contributed by atoms with Crippen LogP contribution in [0.25, 0.3) is 10.8 Å². The van der Waals surface area contributed by atoms with Crippen molar-refractivity contribution in [1.29, 1.82) is 0 Å². The fraction of sp³-hybridized carbons (Fsp3) is 0.188. The van der Waals surface area contributed by atoms with Crippen molar-refractivity contribution < 1.29 is 0 Å². The van der Waals surface area contributed by atoms with Gasteiger partial charge in [-0.1, -0.05) is 54.1 Å². The minimum Gasteiger partial charge on any atom is -0.321 e. The average molecular weight is 286 g/mol. The molecule has 0 aliphatic carbocycles. The van der Waals surface area contributed by atoms with Crippen LogP contribution in [0.15, 0.2) is 48.7 Å². The Balaban J connectivity index is 1.73. The zero-order valence-corrected chi connectivity index (χ0v) is 12.1. The number of hydrogen-bond acceptors (Lipinski definition) is 2. The van der Waals surface area contributed by atoms with Crippen LogP contribution < -0.4 is 5.32 Å². The summed E-state index contributed by atoms with van der Waals surface area (Å²) in [4.78, 5) is 4.28. The molecular weight excluding hydrogens is 270 g/mol. The molecule has 0 amide bonds. The molecule has 0 radical (unpaired) electrons. The number of halogens is 1. The summed E-state index contributed by atoms with van der Waals surface area (Å²) in [5, 5.41) is 6.64. The highest BCUT2D eigenvalue weighted by Gasteiger charge is 2.04. The maximum atomic E-state index is 5.98. The predicted octanol–water partition coefficient (Wildman–Crippen LogP) is 3.52. The van der Waals surface area contributed by atoms with Gasteiger partial charge >= 0.3 is 0 Å². The average Bonchev–Trinajstić information content (AvgIpc) is 2.79. The summed E-state index contributed by atoms with van der Waals surface area (Å²) in [5.41, 5.74) is 1.29. The van der Waals surface area contributed by atoms with Crippen molar-refractivity contribution in [3.05, 3.63) is 65.2 Å². The molecule has 0 fully saturated rings. The van der Waals surface area contributed by atoms with Crippen LogP contribution in [0.4, 0.5) is 0 Å². The van der Waals surface area contributed by atoms with Gasteiger partial charge in [-0.15, -0.1) is 0 Å². The number of rotatable bonds is 4. The molecule has 1 aromatic heterocycles. The van der Waals surface area contributed by atoms with Crippen LogP contribution in [-0.4, -0.2) is 9.55 Å². The zero-order valence-electron chi connectivity index (χ0n) is 11.3. The fourth-order valence-electron chi connectivity index (χ4n) is 2.34. The van der Waals surface area contributed by atoms with Crippen molar-refractivity contribution >= 4 is 22.4 Å². The lowest BCUT2D eigenvalue weighted by Gasteiger charge is -2.08. The quantitative estimate of drug-likeness (QED) is 0.795. The van der Waals surface area contributed by atoms with Crippen LogP contribution in [0.2, 0.25) is 5.15 Å². The Morgan fingerprint density at radius 3 is 2.70 bits per heavy atom. The van der Waals surface area contributed by atoms with Gasteiger partial charge in [-0.05, 0) is 16.3 Å². The van der Waals surface area contributed by atoms with E-state index < -0.39 is 0 Å². The summed E-state index contributed by atoms with van der Waals surface area (Å²) in [6.07, 6.45) is 1.68. The lowest BCUT2D eigenvalue weighted by Crippen LogP contribution is -2.16. The second-order valence-corrected chi connectivity index (χ2v) is 5.19. The summed E-state index contributed by atoms with van der Waals surface area (Å²) in [7, 11) is 1.92. The van der Waals surface area contributed by atoms with Crippen LogP contribution in [0.3, 0.4) is 0 Å². The van der Waals surface area contributed by atoms with E-state index in [4.69, 9.17) is 11.6 Å². The van der Waals surface area contributed by atoms with Gasteiger partial charge in [-0.25, -0.2) is 4.98 Å². The second kappa shape index (κ2) is 5.65. The van der Waals surface area contributed by atoms with Crippen molar-refractivity contribution in [2.45, 2.75) is 13.1 Å². The third-order valence-corrected chi connectivity index (χ3v) is 3.86. The van der Waals surface area contributed by atoms with E-state index in [2.05, 4.69) is 52.8 Å². The van der Waals surface area contributed by atoms with Gasteiger partial charge in [0.05, 0.1) is 12.7 Å². The SMILES string of the molecule is Cn1c(Cl)cnc1CNCc1cccc2ccccc12. The van der Waals surface area contributed by atoms with Crippen LogP contribution in [-0.2, 0) is 20.1 Å². The van der Waals surface area contributed by atoms with Crippen molar-refractivity contribution in [3.63, 3.8) is 0 Å². The van der Waals surface area contributed by atoms with E-state index in [9.17, 15) is 0 Å². The van der Waals surface area contributed by atoms with E-state index in [0.717, 1.165) is 12.4 Å². The minimum absolute atomic E-state index is 0.659. The number of nitrogens with one attached hydrogen (secondary N) is 1. The smallest absolute Gasteiger partial charge is 0.128 e. The van der Waals surface area contributed by atoms with Gasteiger partial charge in [0.25, 0.3) is 0 Å². The van der Waals surface area contributed by atoms with E-state index in [1.54, 1.807) is 6.20 Å². The first-order valence-electron chi connectivity index (χ1n) is 6.59. The Morgan fingerprint density at radius 2 is 1.90 bits per heavy atom. The standard InChI is InChI=1S/C16H16ClN3/c1-20-15(17)10-19-16(20)11-18-9-13-7-4-6-12-5-2-3-8-14(12)13/h2-8,10,18H,9,11H2,1H3. The van der Waals surface area contributed by atoms with Gasteiger partial charge in [-0.3, -0.25) is 0 Å². The number of benzene rings is 2. The predicted molar refractivity (Wildman–Crippen MR) is 82.7 cm³/mol. The lowest BCUT2D eigenvalue weighted by atomic mass is 10.0. The van der Waals surface area contributed by atoms with Gasteiger partial charge in [0.2, 0.25) is 0 Å². The fourth-order valence-corrected chi connectivity index (χ4v) is 2.49. The molecule has 3 aromatic rings. The molecule has 0 atom stereocenters. The Bertz CT molecular complexity index is 728. The maximum absolute atomic E-state index is 5.98. The number of fused-ring (bicyclic) bond motifs is 1. The second-order valence-electron chi connectivity index (χ2n) is 4.80. The molecule has 1 N–H and O–H groups in total. The Labute approximate surface area is 123 Å². The summed E-state index contributed by atoms with van der Waals surface area (Å²) >= 11 is 5.98. The van der Waals surface area contributed by atoms with Gasteiger partial charge in [0.15, 0.2) is 0 Å². The van der Waals surface area contributed by atoms with E-state index >= 15 is 0 Å². The normalized spacial score (nSPS) is 11.1. The molecule has 0 saturated heterocycles. The number of hydrogen-bond donors (Lipinski definition) is 1. The molecule has 0 aliphatic rings. The van der Waals surface area contributed by atoms with Crippen LogP contribution >= 0.6 is 11.6 Å². The molecular formula is C16H16ClN3. The van der Waals surface area contributed by atoms with Gasteiger partial charge in [-0.2, -0.15) is 0 Å².